The molecule has 0 aliphatic heterocycles. The van der Waals surface area contributed by atoms with Crippen molar-refractivity contribution >= 4 is 27.3 Å². The molecule has 2 heterocycles. The van der Waals surface area contributed by atoms with Crippen LogP contribution in [0.15, 0.2) is 23.0 Å². The fourth-order valence-corrected chi connectivity index (χ4v) is 2.33. The Morgan fingerprint density at radius 2 is 2.46 bits per heavy atom. The van der Waals surface area contributed by atoms with E-state index in [9.17, 15) is 0 Å². The predicted molar refractivity (Wildman–Crippen MR) is 59.2 cm³/mol. The maximum Gasteiger partial charge on any atom is 0.0971 e. The van der Waals surface area contributed by atoms with Gasteiger partial charge in [0.1, 0.15) is 0 Å². The Morgan fingerprint density at radius 3 is 3.08 bits per heavy atom. The van der Waals surface area contributed by atoms with E-state index in [0.29, 0.717) is 0 Å². The number of nitrogens with zero attached hydrogens (tertiary/aromatic N) is 2. The van der Waals surface area contributed by atoms with E-state index in [1.165, 1.54) is 11.1 Å². The zero-order valence-electron chi connectivity index (χ0n) is 7.20. The minimum Gasteiger partial charge on any atom is -0.275 e. The van der Waals surface area contributed by atoms with Gasteiger partial charge < -0.3 is 0 Å². The lowest BCUT2D eigenvalue weighted by Gasteiger charge is -1.93. The molecule has 0 aromatic carbocycles. The summed E-state index contributed by atoms with van der Waals surface area (Å²) in [6.45, 7) is 0. The van der Waals surface area contributed by atoms with Gasteiger partial charge in [-0.2, -0.15) is 16.4 Å². The topological polar surface area (TPSA) is 17.8 Å². The van der Waals surface area contributed by atoms with Gasteiger partial charge in [0.25, 0.3) is 0 Å². The van der Waals surface area contributed by atoms with Gasteiger partial charge in [-0.3, -0.25) is 4.68 Å². The summed E-state index contributed by atoms with van der Waals surface area (Å²) in [5.74, 6) is 0. The molecule has 0 radical (unpaired) electrons. The maximum absolute atomic E-state index is 4.42. The first-order valence-electron chi connectivity index (χ1n) is 3.92. The summed E-state index contributed by atoms with van der Waals surface area (Å²) in [6, 6.07) is 2.10. The number of hydrogen-bond acceptors (Lipinski definition) is 2. The van der Waals surface area contributed by atoms with Gasteiger partial charge in [0.2, 0.25) is 0 Å². The molecule has 68 valence electrons. The molecule has 2 rings (SSSR count). The molecule has 2 nitrogen and oxygen atoms in total. The molecule has 0 aliphatic carbocycles. The highest BCUT2D eigenvalue weighted by Crippen LogP contribution is 2.25. The van der Waals surface area contributed by atoms with Crippen molar-refractivity contribution in [2.45, 2.75) is 5.33 Å². The first kappa shape index (κ1) is 8.97. The minimum atomic E-state index is 0.853. The molecule has 0 aliphatic rings. The van der Waals surface area contributed by atoms with Crippen LogP contribution in [-0.4, -0.2) is 9.78 Å². The molecule has 0 fully saturated rings. The number of aromatic nitrogens is 2. The van der Waals surface area contributed by atoms with Gasteiger partial charge in [-0.25, -0.2) is 0 Å². The predicted octanol–water partition coefficient (Wildman–Crippen LogP) is 3.04. The van der Waals surface area contributed by atoms with Crippen LogP contribution in [-0.2, 0) is 12.4 Å². The molecule has 0 saturated heterocycles. The van der Waals surface area contributed by atoms with Gasteiger partial charge in [-0.1, -0.05) is 15.9 Å². The Balaban J connectivity index is 2.50. The second kappa shape index (κ2) is 3.64. The summed E-state index contributed by atoms with van der Waals surface area (Å²) < 4.78 is 1.85. The summed E-state index contributed by atoms with van der Waals surface area (Å²) in [4.78, 5) is 0. The molecule has 0 N–H and O–H groups in total. The Morgan fingerprint density at radius 1 is 1.62 bits per heavy atom. The summed E-state index contributed by atoms with van der Waals surface area (Å²) in [5, 5.41) is 9.46. The highest BCUT2D eigenvalue weighted by atomic mass is 79.9. The molecular weight excluding hydrogens is 248 g/mol. The highest BCUT2D eigenvalue weighted by molar-refractivity contribution is 9.08. The lowest BCUT2D eigenvalue weighted by atomic mass is 10.2. The monoisotopic (exact) mass is 256 g/mol. The molecule has 0 bridgehead atoms. The Kier molecular flexibility index (Phi) is 2.51. The fourth-order valence-electron chi connectivity index (χ4n) is 1.28. The van der Waals surface area contributed by atoms with Crippen molar-refractivity contribution < 1.29 is 0 Å². The van der Waals surface area contributed by atoms with E-state index in [0.717, 1.165) is 11.0 Å². The molecule has 4 heteroatoms. The molecule has 0 atom stereocenters. The van der Waals surface area contributed by atoms with Crippen molar-refractivity contribution in [2.75, 3.05) is 0 Å². The van der Waals surface area contributed by atoms with Crippen molar-refractivity contribution in [3.8, 4) is 11.3 Å². The van der Waals surface area contributed by atoms with Crippen molar-refractivity contribution in [1.29, 1.82) is 0 Å². The van der Waals surface area contributed by atoms with Crippen molar-refractivity contribution in [2.24, 2.45) is 7.05 Å². The van der Waals surface area contributed by atoms with Gasteiger partial charge in [-0.15, -0.1) is 0 Å². The Labute approximate surface area is 89.3 Å². The average Bonchev–Trinajstić information content (AvgIpc) is 2.71. The number of thiophene rings is 1. The van der Waals surface area contributed by atoms with E-state index in [2.05, 4.69) is 37.9 Å². The van der Waals surface area contributed by atoms with Gasteiger partial charge in [0, 0.05) is 35.1 Å². The Bertz CT molecular complexity index is 392. The van der Waals surface area contributed by atoms with Crippen LogP contribution in [0.5, 0.6) is 0 Å². The summed E-state index contributed by atoms with van der Waals surface area (Å²) >= 11 is 5.16. The second-order valence-electron chi connectivity index (χ2n) is 2.82. The number of aryl methyl sites for hydroxylation is 1. The summed E-state index contributed by atoms with van der Waals surface area (Å²) in [6.07, 6.45) is 2.04. The molecule has 0 amide bonds. The molecular formula is C9H9BrN2S. The van der Waals surface area contributed by atoms with E-state index in [4.69, 9.17) is 0 Å². The fraction of sp³-hybridized carbons (Fsp3) is 0.222. The van der Waals surface area contributed by atoms with Crippen LogP contribution in [0.25, 0.3) is 11.3 Å². The Hall–Kier alpha value is -0.610. The van der Waals surface area contributed by atoms with E-state index in [1.807, 2.05) is 17.9 Å². The third-order valence-electron chi connectivity index (χ3n) is 1.84. The molecule has 2 aromatic rings. The van der Waals surface area contributed by atoms with E-state index >= 15 is 0 Å². The first-order chi connectivity index (χ1) is 6.31. The second-order valence-corrected chi connectivity index (χ2v) is 4.16. The normalized spacial score (nSPS) is 10.6. The van der Waals surface area contributed by atoms with E-state index in [-0.39, 0.29) is 0 Å². The largest absolute Gasteiger partial charge is 0.275 e. The van der Waals surface area contributed by atoms with Crippen molar-refractivity contribution in [3.63, 3.8) is 0 Å². The molecule has 0 unspecified atom stereocenters. The van der Waals surface area contributed by atoms with Gasteiger partial charge in [0.05, 0.1) is 5.69 Å². The maximum atomic E-state index is 4.42. The van der Waals surface area contributed by atoms with Crippen LogP contribution < -0.4 is 0 Å². The SMILES string of the molecule is Cn1cc(CBr)c(-c2ccsc2)n1. The van der Waals surface area contributed by atoms with E-state index in [1.54, 1.807) is 11.3 Å². The highest BCUT2D eigenvalue weighted by Gasteiger charge is 2.08. The lowest BCUT2D eigenvalue weighted by molar-refractivity contribution is 0.770. The van der Waals surface area contributed by atoms with Crippen molar-refractivity contribution in [3.05, 3.63) is 28.6 Å². The van der Waals surface area contributed by atoms with Crippen LogP contribution in [0.1, 0.15) is 5.56 Å². The lowest BCUT2D eigenvalue weighted by Crippen LogP contribution is -1.86. The summed E-state index contributed by atoms with van der Waals surface area (Å²) in [5.41, 5.74) is 3.53. The standard InChI is InChI=1S/C9H9BrN2S/c1-12-5-8(4-10)9(11-12)7-2-3-13-6-7/h2-3,5-6H,4H2,1H3. The zero-order valence-corrected chi connectivity index (χ0v) is 9.60. The number of hydrogen-bond donors (Lipinski definition) is 0. The first-order valence-corrected chi connectivity index (χ1v) is 5.98. The van der Waals surface area contributed by atoms with Crippen LogP contribution in [0.4, 0.5) is 0 Å². The molecule has 0 saturated carbocycles. The third kappa shape index (κ3) is 1.69. The minimum absolute atomic E-state index is 0.853. The van der Waals surface area contributed by atoms with Gasteiger partial charge in [0.15, 0.2) is 0 Å². The van der Waals surface area contributed by atoms with E-state index < -0.39 is 0 Å². The summed E-state index contributed by atoms with van der Waals surface area (Å²) in [7, 11) is 1.95. The molecule has 13 heavy (non-hydrogen) atoms. The number of halogens is 1. The number of rotatable bonds is 2. The van der Waals surface area contributed by atoms with Crippen LogP contribution in [0, 0.1) is 0 Å². The molecule has 0 spiro atoms. The number of alkyl halides is 1. The average molecular weight is 257 g/mol. The van der Waals surface area contributed by atoms with Gasteiger partial charge >= 0.3 is 0 Å². The van der Waals surface area contributed by atoms with Crippen molar-refractivity contribution in [1.82, 2.24) is 9.78 Å². The smallest absolute Gasteiger partial charge is 0.0971 e. The van der Waals surface area contributed by atoms with Crippen LogP contribution >= 0.6 is 27.3 Å². The zero-order chi connectivity index (χ0) is 9.26. The molecule has 2 aromatic heterocycles. The van der Waals surface area contributed by atoms with Gasteiger partial charge in [-0.05, 0) is 11.4 Å². The van der Waals surface area contributed by atoms with Crippen LogP contribution in [0.3, 0.4) is 0 Å². The quantitative estimate of drug-likeness (QED) is 0.756. The van der Waals surface area contributed by atoms with Crippen LogP contribution in [0.2, 0.25) is 0 Å². The third-order valence-corrected chi connectivity index (χ3v) is 3.13.